The maximum atomic E-state index is 12.5. The average Bonchev–Trinajstić information content (AvgIpc) is 3.23. The van der Waals surface area contributed by atoms with Gasteiger partial charge in [-0.25, -0.2) is 0 Å². The molecule has 0 aliphatic heterocycles. The Morgan fingerprint density at radius 3 is 2.47 bits per heavy atom. The number of carbonyl (C=O) groups is 1. The number of hydrogen-bond acceptors (Lipinski definition) is 3. The van der Waals surface area contributed by atoms with Crippen molar-refractivity contribution in [2.45, 2.75) is 52.5 Å². The van der Waals surface area contributed by atoms with Gasteiger partial charge in [0, 0.05) is 16.0 Å². The summed E-state index contributed by atoms with van der Waals surface area (Å²) in [6, 6.07) is 11.8. The molecule has 178 valence electrons. The van der Waals surface area contributed by atoms with Crippen LogP contribution in [-0.2, 0) is 17.8 Å². The molecule has 0 radical (unpaired) electrons. The molecule has 0 saturated carbocycles. The molecule has 1 amide bonds. The van der Waals surface area contributed by atoms with E-state index in [0.717, 1.165) is 27.8 Å². The Balaban J connectivity index is 0.000000945. The Hall–Kier alpha value is -2.94. The summed E-state index contributed by atoms with van der Waals surface area (Å²) < 4.78 is 1.88. The lowest BCUT2D eigenvalue weighted by Gasteiger charge is -2.09. The van der Waals surface area contributed by atoms with Crippen molar-refractivity contribution in [1.29, 1.82) is 0 Å². The van der Waals surface area contributed by atoms with Crippen molar-refractivity contribution < 1.29 is 4.79 Å². The van der Waals surface area contributed by atoms with Gasteiger partial charge in [-0.3, -0.25) is 9.48 Å². The van der Waals surface area contributed by atoms with Gasteiger partial charge in [0.1, 0.15) is 0 Å². The van der Waals surface area contributed by atoms with Crippen LogP contribution in [0.1, 0.15) is 40.2 Å². The first kappa shape index (κ1) is 27.3. The Morgan fingerprint density at radius 1 is 1.18 bits per heavy atom. The van der Waals surface area contributed by atoms with Gasteiger partial charge in [0.2, 0.25) is 5.91 Å². The number of nitrogens with one attached hydrogen (secondary N) is 1. The third-order valence-corrected chi connectivity index (χ3v) is 6.09. The summed E-state index contributed by atoms with van der Waals surface area (Å²) in [5, 5.41) is 8.90. The van der Waals surface area contributed by atoms with Crippen molar-refractivity contribution in [3.8, 4) is 11.8 Å². The van der Waals surface area contributed by atoms with Gasteiger partial charge in [-0.05, 0) is 68.8 Å². The summed E-state index contributed by atoms with van der Waals surface area (Å²) in [6.07, 6.45) is 8.23. The molecule has 0 aliphatic rings. The summed E-state index contributed by atoms with van der Waals surface area (Å²) in [7, 11) is 0. The summed E-state index contributed by atoms with van der Waals surface area (Å²) in [5.74, 6) is 6.32. The number of rotatable bonds is 8. The molecule has 0 spiro atoms. The monoisotopic (exact) mass is 493 g/mol. The fraction of sp³-hybridized carbons (Fsp3) is 0.286. The minimum absolute atomic E-state index is 0.0713. The molecule has 0 atom stereocenters. The van der Waals surface area contributed by atoms with Crippen LogP contribution in [0.4, 0.5) is 5.69 Å². The second-order valence-corrected chi connectivity index (χ2v) is 9.11. The number of fused-ring (bicyclic) bond motifs is 1. The van der Waals surface area contributed by atoms with Crippen LogP contribution in [0.15, 0.2) is 71.3 Å². The van der Waals surface area contributed by atoms with Crippen LogP contribution in [0.3, 0.4) is 0 Å². The summed E-state index contributed by atoms with van der Waals surface area (Å²) in [6.45, 7) is 10.4. The van der Waals surface area contributed by atoms with E-state index in [1.54, 1.807) is 24.0 Å². The van der Waals surface area contributed by atoms with Crippen molar-refractivity contribution in [1.82, 2.24) is 9.78 Å². The fourth-order valence-electron chi connectivity index (χ4n) is 3.26. The number of amides is 1. The normalized spacial score (nSPS) is 11.1. The van der Waals surface area contributed by atoms with E-state index in [1.165, 1.54) is 4.90 Å². The Morgan fingerprint density at radius 2 is 1.88 bits per heavy atom. The molecule has 0 unspecified atom stereocenters. The third kappa shape index (κ3) is 8.13. The largest absolute Gasteiger partial charge is 0.326 e. The second kappa shape index (κ2) is 14.3. The van der Waals surface area contributed by atoms with Crippen LogP contribution in [0.2, 0.25) is 5.02 Å². The number of anilines is 1. The zero-order valence-electron chi connectivity index (χ0n) is 20.5. The van der Waals surface area contributed by atoms with Crippen LogP contribution >= 0.6 is 23.4 Å². The van der Waals surface area contributed by atoms with Crippen molar-refractivity contribution in [3.05, 3.63) is 77.0 Å². The number of halogens is 1. The van der Waals surface area contributed by atoms with Crippen LogP contribution in [0.5, 0.6) is 0 Å². The van der Waals surface area contributed by atoms with Crippen LogP contribution < -0.4 is 5.32 Å². The molecular weight excluding hydrogens is 462 g/mol. The zero-order chi connectivity index (χ0) is 24.9. The standard InChI is InChI=1S/C24H26ClN3OS.C4H6/c1-4-7-17(5-2)16-28-24-19(15-26-28)13-20(14-22(24)25)27-23(29)12-18-8-10-21(11-9-18)30-6-3;1-3-4-2/h4-5,7-11,13-15H,6,12,16H2,1-3H3,(H,27,29);1-2H3/b7-4-,17-5+;. The lowest BCUT2D eigenvalue weighted by Crippen LogP contribution is -2.14. The molecule has 0 bridgehead atoms. The Labute approximate surface area is 212 Å². The molecule has 1 N–H and O–H groups in total. The van der Waals surface area contributed by atoms with E-state index < -0.39 is 0 Å². The van der Waals surface area contributed by atoms with Crippen LogP contribution in [0.25, 0.3) is 10.9 Å². The summed E-state index contributed by atoms with van der Waals surface area (Å²) in [4.78, 5) is 13.7. The molecule has 0 aliphatic carbocycles. The smallest absolute Gasteiger partial charge is 0.228 e. The van der Waals surface area contributed by atoms with Gasteiger partial charge in [0.05, 0.1) is 29.7 Å². The maximum Gasteiger partial charge on any atom is 0.228 e. The van der Waals surface area contributed by atoms with E-state index in [9.17, 15) is 4.79 Å². The predicted molar refractivity (Wildman–Crippen MR) is 148 cm³/mol. The second-order valence-electron chi connectivity index (χ2n) is 7.36. The number of thioether (sulfide) groups is 1. The van der Waals surface area contributed by atoms with Gasteiger partial charge >= 0.3 is 0 Å². The van der Waals surface area contributed by atoms with E-state index in [-0.39, 0.29) is 5.91 Å². The van der Waals surface area contributed by atoms with Crippen LogP contribution in [-0.4, -0.2) is 21.4 Å². The molecular formula is C28H32ClN3OS. The molecule has 3 aromatic rings. The molecule has 2 aromatic carbocycles. The molecule has 1 aromatic heterocycles. The number of aromatic nitrogens is 2. The Kier molecular flexibility index (Phi) is 11.5. The molecule has 0 saturated heterocycles. The first-order valence-electron chi connectivity index (χ1n) is 11.2. The molecule has 4 nitrogen and oxygen atoms in total. The van der Waals surface area contributed by atoms with Crippen molar-refractivity contribution in [2.24, 2.45) is 0 Å². The summed E-state index contributed by atoms with van der Waals surface area (Å²) in [5.41, 5.74) is 3.67. The van der Waals surface area contributed by atoms with Gasteiger partial charge < -0.3 is 5.32 Å². The van der Waals surface area contributed by atoms with E-state index in [4.69, 9.17) is 11.6 Å². The maximum absolute atomic E-state index is 12.5. The number of hydrogen-bond donors (Lipinski definition) is 1. The lowest BCUT2D eigenvalue weighted by molar-refractivity contribution is -0.115. The SMILES string of the molecule is C/C=C\C(=C/C)Cn1ncc2cc(NC(=O)Cc3ccc(SCC)cc3)cc(Cl)c21.CC#CC. The average molecular weight is 494 g/mol. The number of carbonyl (C=O) groups excluding carboxylic acids is 1. The minimum Gasteiger partial charge on any atom is -0.326 e. The van der Waals surface area contributed by atoms with Gasteiger partial charge in [0.15, 0.2) is 0 Å². The summed E-state index contributed by atoms with van der Waals surface area (Å²) >= 11 is 8.34. The van der Waals surface area contributed by atoms with Gasteiger partial charge in [0.25, 0.3) is 0 Å². The van der Waals surface area contributed by atoms with E-state index in [0.29, 0.717) is 23.7 Å². The zero-order valence-corrected chi connectivity index (χ0v) is 22.1. The van der Waals surface area contributed by atoms with Gasteiger partial charge in [-0.1, -0.05) is 48.9 Å². The fourth-order valence-corrected chi connectivity index (χ4v) is 4.25. The highest BCUT2D eigenvalue weighted by Gasteiger charge is 2.12. The molecule has 6 heteroatoms. The van der Waals surface area contributed by atoms with Crippen molar-refractivity contribution in [2.75, 3.05) is 11.1 Å². The molecule has 3 rings (SSSR count). The predicted octanol–water partition coefficient (Wildman–Crippen LogP) is 7.53. The molecule has 1 heterocycles. The van der Waals surface area contributed by atoms with E-state index in [2.05, 4.69) is 53.5 Å². The number of allylic oxidation sites excluding steroid dienone is 4. The first-order valence-corrected chi connectivity index (χ1v) is 12.6. The lowest BCUT2D eigenvalue weighted by atomic mass is 10.1. The topological polar surface area (TPSA) is 46.9 Å². The number of benzene rings is 2. The van der Waals surface area contributed by atoms with Gasteiger partial charge in [-0.15, -0.1) is 23.6 Å². The third-order valence-electron chi connectivity index (χ3n) is 4.90. The highest BCUT2D eigenvalue weighted by atomic mass is 35.5. The van der Waals surface area contributed by atoms with E-state index in [1.807, 2.05) is 56.7 Å². The Bertz CT molecular complexity index is 1210. The molecule has 34 heavy (non-hydrogen) atoms. The number of nitrogens with zero attached hydrogens (tertiary/aromatic N) is 2. The minimum atomic E-state index is -0.0713. The van der Waals surface area contributed by atoms with E-state index >= 15 is 0 Å². The first-order chi connectivity index (χ1) is 16.4. The van der Waals surface area contributed by atoms with Gasteiger partial charge in [-0.2, -0.15) is 5.10 Å². The van der Waals surface area contributed by atoms with Crippen molar-refractivity contribution in [3.63, 3.8) is 0 Å². The van der Waals surface area contributed by atoms with Crippen LogP contribution in [0, 0.1) is 11.8 Å². The quantitative estimate of drug-likeness (QED) is 0.200. The van der Waals surface area contributed by atoms with Crippen molar-refractivity contribution >= 4 is 45.9 Å². The highest BCUT2D eigenvalue weighted by Crippen LogP contribution is 2.29. The molecule has 0 fully saturated rings. The highest BCUT2D eigenvalue weighted by molar-refractivity contribution is 7.99.